The number of para-hydroxylation sites is 1. The van der Waals surface area contributed by atoms with E-state index in [1.54, 1.807) is 18.2 Å². The van der Waals surface area contributed by atoms with Crippen LogP contribution in [0.15, 0.2) is 84.9 Å². The molecule has 0 aliphatic heterocycles. The summed E-state index contributed by atoms with van der Waals surface area (Å²) >= 11 is 6.00. The van der Waals surface area contributed by atoms with Gasteiger partial charge in [-0.05, 0) is 36.2 Å². The van der Waals surface area contributed by atoms with E-state index in [-0.39, 0.29) is 5.91 Å². The van der Waals surface area contributed by atoms with Crippen LogP contribution in [0, 0.1) is 0 Å². The van der Waals surface area contributed by atoms with Crippen LogP contribution in [0.5, 0.6) is 0 Å². The fourth-order valence-corrected chi connectivity index (χ4v) is 3.51. The maximum absolute atomic E-state index is 13.1. The van der Waals surface area contributed by atoms with Crippen molar-refractivity contribution in [1.29, 1.82) is 0 Å². The zero-order chi connectivity index (χ0) is 20.9. The molecule has 0 fully saturated rings. The fraction of sp³-hybridized carbons (Fsp3) is 0.0800. The summed E-state index contributed by atoms with van der Waals surface area (Å²) in [5, 5.41) is 4.22. The number of amides is 1. The Bertz CT molecular complexity index is 1190. The molecule has 0 spiro atoms. The molecule has 4 aromatic rings. The van der Waals surface area contributed by atoms with E-state index in [1.165, 1.54) is 0 Å². The molecule has 1 N–H and O–H groups in total. The number of benzene rings is 3. The molecule has 148 valence electrons. The lowest BCUT2D eigenvalue weighted by molar-refractivity contribution is -0.109. The number of fused-ring (bicyclic) bond motifs is 1. The molecular weight excluding hydrogens is 396 g/mol. The highest BCUT2D eigenvalue weighted by Gasteiger charge is 2.18. The third-order valence-corrected chi connectivity index (χ3v) is 5.13. The SMILES string of the molecule is O=CC(Cc1ccccc1)NC(=O)c1cc(-c2ccc(Cl)cc2)nc2ccccc12. The zero-order valence-electron chi connectivity index (χ0n) is 16.1. The van der Waals surface area contributed by atoms with E-state index in [2.05, 4.69) is 5.32 Å². The monoisotopic (exact) mass is 414 g/mol. The number of carbonyl (C=O) groups excluding carboxylic acids is 2. The third-order valence-electron chi connectivity index (χ3n) is 4.88. The molecule has 30 heavy (non-hydrogen) atoms. The normalized spacial score (nSPS) is 11.8. The Morgan fingerprint density at radius 3 is 2.40 bits per heavy atom. The van der Waals surface area contributed by atoms with Gasteiger partial charge in [0.15, 0.2) is 0 Å². The van der Waals surface area contributed by atoms with Gasteiger partial charge in [-0.15, -0.1) is 0 Å². The smallest absolute Gasteiger partial charge is 0.252 e. The minimum Gasteiger partial charge on any atom is -0.342 e. The largest absolute Gasteiger partial charge is 0.342 e. The van der Waals surface area contributed by atoms with Gasteiger partial charge in [-0.25, -0.2) is 4.98 Å². The second kappa shape index (κ2) is 8.89. The van der Waals surface area contributed by atoms with Gasteiger partial charge in [-0.1, -0.05) is 72.3 Å². The molecule has 0 bridgehead atoms. The molecule has 0 saturated heterocycles. The molecule has 1 atom stereocenters. The van der Waals surface area contributed by atoms with Crippen LogP contribution in [-0.2, 0) is 11.2 Å². The van der Waals surface area contributed by atoms with Crippen LogP contribution in [0.4, 0.5) is 0 Å². The highest BCUT2D eigenvalue weighted by molar-refractivity contribution is 6.30. The van der Waals surface area contributed by atoms with Gasteiger partial charge in [0.1, 0.15) is 6.29 Å². The van der Waals surface area contributed by atoms with Crippen LogP contribution < -0.4 is 5.32 Å². The molecule has 3 aromatic carbocycles. The van der Waals surface area contributed by atoms with Gasteiger partial charge < -0.3 is 10.1 Å². The quantitative estimate of drug-likeness (QED) is 0.447. The second-order valence-electron chi connectivity index (χ2n) is 6.98. The van der Waals surface area contributed by atoms with Crippen molar-refractivity contribution in [3.8, 4) is 11.3 Å². The van der Waals surface area contributed by atoms with Crippen molar-refractivity contribution >= 4 is 34.7 Å². The predicted octanol–water partition coefficient (Wildman–Crippen LogP) is 5.10. The zero-order valence-corrected chi connectivity index (χ0v) is 16.8. The van der Waals surface area contributed by atoms with Crippen LogP contribution in [-0.4, -0.2) is 23.2 Å². The molecule has 4 rings (SSSR count). The van der Waals surface area contributed by atoms with E-state index >= 15 is 0 Å². The summed E-state index contributed by atoms with van der Waals surface area (Å²) in [5.41, 5.74) is 3.69. The van der Waals surface area contributed by atoms with E-state index < -0.39 is 6.04 Å². The predicted molar refractivity (Wildman–Crippen MR) is 120 cm³/mol. The summed E-state index contributed by atoms with van der Waals surface area (Å²) in [5.74, 6) is -0.308. The molecule has 0 aliphatic rings. The molecular formula is C25H19ClN2O2. The lowest BCUT2D eigenvalue weighted by Crippen LogP contribution is -2.37. The topological polar surface area (TPSA) is 59.1 Å². The maximum atomic E-state index is 13.1. The van der Waals surface area contributed by atoms with Crippen molar-refractivity contribution in [3.05, 3.63) is 101 Å². The number of nitrogens with zero attached hydrogens (tertiary/aromatic N) is 1. The lowest BCUT2D eigenvalue weighted by Gasteiger charge is -2.15. The van der Waals surface area contributed by atoms with Gasteiger partial charge >= 0.3 is 0 Å². The number of hydrogen-bond acceptors (Lipinski definition) is 3. The van der Waals surface area contributed by atoms with Crippen molar-refractivity contribution in [2.75, 3.05) is 0 Å². The summed E-state index contributed by atoms with van der Waals surface area (Å²) < 4.78 is 0. The van der Waals surface area contributed by atoms with Gasteiger partial charge in [-0.2, -0.15) is 0 Å². The number of nitrogens with one attached hydrogen (secondary N) is 1. The van der Waals surface area contributed by atoms with Crippen molar-refractivity contribution in [3.63, 3.8) is 0 Å². The van der Waals surface area contributed by atoms with Crippen LogP contribution in [0.1, 0.15) is 15.9 Å². The lowest BCUT2D eigenvalue weighted by atomic mass is 10.0. The number of carbonyl (C=O) groups is 2. The number of pyridine rings is 1. The van der Waals surface area contributed by atoms with Crippen LogP contribution in [0.2, 0.25) is 5.02 Å². The number of aromatic nitrogens is 1. The van der Waals surface area contributed by atoms with Crippen LogP contribution in [0.25, 0.3) is 22.2 Å². The molecule has 1 unspecified atom stereocenters. The molecule has 0 saturated carbocycles. The Hall–Kier alpha value is -3.50. The minimum absolute atomic E-state index is 0.308. The summed E-state index contributed by atoms with van der Waals surface area (Å²) in [7, 11) is 0. The first kappa shape index (κ1) is 19.8. The maximum Gasteiger partial charge on any atom is 0.252 e. The Labute approximate surface area is 179 Å². The van der Waals surface area contributed by atoms with Gasteiger partial charge in [0.05, 0.1) is 22.8 Å². The molecule has 1 heterocycles. The summed E-state index contributed by atoms with van der Waals surface area (Å²) in [6.07, 6.45) is 1.21. The van der Waals surface area contributed by atoms with E-state index in [4.69, 9.17) is 16.6 Å². The molecule has 4 nitrogen and oxygen atoms in total. The minimum atomic E-state index is -0.620. The summed E-state index contributed by atoms with van der Waals surface area (Å²) in [6, 6.07) is 25.5. The first-order valence-electron chi connectivity index (χ1n) is 9.60. The Balaban J connectivity index is 1.68. The molecule has 1 aromatic heterocycles. The number of hydrogen-bond donors (Lipinski definition) is 1. The average Bonchev–Trinajstić information content (AvgIpc) is 2.79. The van der Waals surface area contributed by atoms with E-state index in [9.17, 15) is 9.59 Å². The van der Waals surface area contributed by atoms with E-state index in [0.29, 0.717) is 28.2 Å². The third kappa shape index (κ3) is 4.39. The highest BCUT2D eigenvalue weighted by Crippen LogP contribution is 2.26. The fourth-order valence-electron chi connectivity index (χ4n) is 3.38. The molecule has 0 radical (unpaired) electrons. The number of halogens is 1. The van der Waals surface area contributed by atoms with Crippen molar-refractivity contribution in [1.82, 2.24) is 10.3 Å². The first-order chi connectivity index (χ1) is 14.6. The average molecular weight is 415 g/mol. The number of aldehydes is 1. The van der Waals surface area contributed by atoms with E-state index in [1.807, 2.05) is 66.7 Å². The highest BCUT2D eigenvalue weighted by atomic mass is 35.5. The number of rotatable bonds is 6. The first-order valence-corrected chi connectivity index (χ1v) is 9.97. The molecule has 1 amide bonds. The Kier molecular flexibility index (Phi) is 5.87. The van der Waals surface area contributed by atoms with Gasteiger partial charge in [-0.3, -0.25) is 4.79 Å². The summed E-state index contributed by atoms with van der Waals surface area (Å²) in [4.78, 5) is 29.5. The van der Waals surface area contributed by atoms with Gasteiger partial charge in [0.25, 0.3) is 5.91 Å². The Morgan fingerprint density at radius 2 is 1.67 bits per heavy atom. The molecule has 0 aliphatic carbocycles. The van der Waals surface area contributed by atoms with Crippen molar-refractivity contribution in [2.45, 2.75) is 12.5 Å². The molecule has 5 heteroatoms. The van der Waals surface area contributed by atoms with Crippen LogP contribution in [0.3, 0.4) is 0 Å². The van der Waals surface area contributed by atoms with E-state index in [0.717, 1.165) is 22.8 Å². The van der Waals surface area contributed by atoms with Crippen molar-refractivity contribution in [2.24, 2.45) is 0 Å². The second-order valence-corrected chi connectivity index (χ2v) is 7.42. The van der Waals surface area contributed by atoms with Gasteiger partial charge in [0, 0.05) is 16.0 Å². The summed E-state index contributed by atoms with van der Waals surface area (Å²) in [6.45, 7) is 0. The van der Waals surface area contributed by atoms with Gasteiger partial charge in [0.2, 0.25) is 0 Å². The Morgan fingerprint density at radius 1 is 0.967 bits per heavy atom. The van der Waals surface area contributed by atoms with Crippen LogP contribution >= 0.6 is 11.6 Å². The standard InChI is InChI=1S/C25H19ClN2O2/c26-19-12-10-18(11-13-19)24-15-22(21-8-4-5-9-23(21)28-24)25(30)27-20(16-29)14-17-6-2-1-3-7-17/h1-13,15-16,20H,14H2,(H,27,30). The van der Waals surface area contributed by atoms with Crippen molar-refractivity contribution < 1.29 is 9.59 Å².